The third-order valence-corrected chi connectivity index (χ3v) is 6.98. The summed E-state index contributed by atoms with van der Waals surface area (Å²) in [6, 6.07) is 18.3. The van der Waals surface area contributed by atoms with Gasteiger partial charge in [0.15, 0.2) is 11.4 Å². The van der Waals surface area contributed by atoms with Crippen LogP contribution in [0.15, 0.2) is 65.1 Å². The summed E-state index contributed by atoms with van der Waals surface area (Å²) in [4.78, 5) is 28.4. The van der Waals surface area contributed by atoms with Crippen molar-refractivity contribution in [1.82, 2.24) is 0 Å². The van der Waals surface area contributed by atoms with E-state index in [2.05, 4.69) is 48.0 Å². The van der Waals surface area contributed by atoms with Crippen LogP contribution in [0.5, 0.6) is 5.75 Å². The molecule has 1 aliphatic rings. The number of halogens is 1. The Labute approximate surface area is 208 Å². The SMILES string of the molecule is COc1ccc(C(=O)CC2(O)C(=O)N(Cc3cc(C(C)C)ccc3C)c3ccc(Br)cc32)cc1. The highest BCUT2D eigenvalue weighted by Crippen LogP contribution is 2.45. The molecule has 1 aliphatic heterocycles. The molecule has 1 heterocycles. The first-order valence-corrected chi connectivity index (χ1v) is 12.0. The summed E-state index contributed by atoms with van der Waals surface area (Å²) in [6.45, 7) is 6.60. The Morgan fingerprint density at radius 2 is 1.79 bits per heavy atom. The van der Waals surface area contributed by atoms with Crippen LogP contribution in [0.4, 0.5) is 5.69 Å². The molecule has 0 radical (unpaired) electrons. The number of hydrogen-bond acceptors (Lipinski definition) is 4. The molecule has 0 fully saturated rings. The molecule has 1 unspecified atom stereocenters. The lowest BCUT2D eigenvalue weighted by molar-refractivity contribution is -0.136. The second-order valence-electron chi connectivity index (χ2n) is 9.08. The lowest BCUT2D eigenvalue weighted by Gasteiger charge is -2.24. The van der Waals surface area contributed by atoms with Gasteiger partial charge in [-0.15, -0.1) is 0 Å². The van der Waals surface area contributed by atoms with Crippen molar-refractivity contribution in [2.24, 2.45) is 0 Å². The molecule has 3 aromatic rings. The first-order chi connectivity index (χ1) is 16.1. The van der Waals surface area contributed by atoms with Crippen LogP contribution in [0.1, 0.15) is 58.8 Å². The monoisotopic (exact) mass is 521 g/mol. The van der Waals surface area contributed by atoms with Gasteiger partial charge in [-0.25, -0.2) is 0 Å². The van der Waals surface area contributed by atoms with Gasteiger partial charge in [-0.3, -0.25) is 9.59 Å². The van der Waals surface area contributed by atoms with Gasteiger partial charge >= 0.3 is 0 Å². The summed E-state index contributed by atoms with van der Waals surface area (Å²) in [5.41, 5.74) is 2.80. The number of aliphatic hydroxyl groups is 1. The van der Waals surface area contributed by atoms with Crippen molar-refractivity contribution in [1.29, 1.82) is 0 Å². The third kappa shape index (κ3) is 4.40. The molecular formula is C28H28BrNO4. The Morgan fingerprint density at radius 3 is 2.44 bits per heavy atom. The minimum atomic E-state index is -1.94. The molecule has 6 heteroatoms. The molecule has 3 aromatic carbocycles. The van der Waals surface area contributed by atoms with Crippen LogP contribution in [0, 0.1) is 6.92 Å². The van der Waals surface area contributed by atoms with Crippen LogP contribution < -0.4 is 9.64 Å². The standard InChI is InChI=1S/C28H28BrNO4/c1-17(2)20-6-5-18(3)21(13-20)16-30-25-12-9-22(29)14-24(25)28(33,27(30)32)15-26(31)19-7-10-23(34-4)11-8-19/h5-14,17,33H,15-16H2,1-4H3. The first kappa shape index (κ1) is 24.2. The highest BCUT2D eigenvalue weighted by molar-refractivity contribution is 9.10. The number of Topliss-reactive ketones (excluding diaryl/α,β-unsaturated/α-hetero) is 1. The van der Waals surface area contributed by atoms with Gasteiger partial charge in [0, 0.05) is 15.6 Å². The van der Waals surface area contributed by atoms with Gasteiger partial charge in [0.1, 0.15) is 5.75 Å². The van der Waals surface area contributed by atoms with Crippen LogP contribution in [-0.4, -0.2) is 23.9 Å². The number of amides is 1. The molecular weight excluding hydrogens is 494 g/mol. The molecule has 176 valence electrons. The van der Waals surface area contributed by atoms with Crippen molar-refractivity contribution in [3.05, 3.63) is 93.0 Å². The number of benzene rings is 3. The second-order valence-corrected chi connectivity index (χ2v) is 10.00. The molecule has 1 N–H and O–H groups in total. The predicted octanol–water partition coefficient (Wildman–Crippen LogP) is 5.90. The molecule has 0 spiro atoms. The Kier molecular flexibility index (Phi) is 6.65. The average molecular weight is 522 g/mol. The third-order valence-electron chi connectivity index (χ3n) is 6.49. The lowest BCUT2D eigenvalue weighted by atomic mass is 9.88. The second kappa shape index (κ2) is 9.35. The van der Waals surface area contributed by atoms with Gasteiger partial charge in [-0.1, -0.05) is 48.0 Å². The van der Waals surface area contributed by atoms with E-state index in [1.54, 1.807) is 42.3 Å². The Bertz CT molecular complexity index is 1250. The van der Waals surface area contributed by atoms with Gasteiger partial charge in [0.25, 0.3) is 5.91 Å². The maximum Gasteiger partial charge on any atom is 0.264 e. The summed E-state index contributed by atoms with van der Waals surface area (Å²) in [5, 5.41) is 11.7. The summed E-state index contributed by atoms with van der Waals surface area (Å²) in [5.74, 6) is 0.184. The molecule has 1 amide bonds. The minimum Gasteiger partial charge on any atom is -0.497 e. The van der Waals surface area contributed by atoms with Crippen LogP contribution in [0.2, 0.25) is 0 Å². The van der Waals surface area contributed by atoms with Gasteiger partial charge in [0.2, 0.25) is 0 Å². The van der Waals surface area contributed by atoms with Crippen molar-refractivity contribution in [2.45, 2.75) is 45.3 Å². The van der Waals surface area contributed by atoms with E-state index in [1.165, 1.54) is 5.56 Å². The summed E-state index contributed by atoms with van der Waals surface area (Å²) < 4.78 is 5.89. The number of methoxy groups -OCH3 is 1. The summed E-state index contributed by atoms with van der Waals surface area (Å²) in [6.07, 6.45) is -0.344. The van der Waals surface area contributed by atoms with Crippen LogP contribution in [-0.2, 0) is 16.9 Å². The highest BCUT2D eigenvalue weighted by atomic mass is 79.9. The molecule has 0 bridgehead atoms. The summed E-state index contributed by atoms with van der Waals surface area (Å²) >= 11 is 3.45. The van der Waals surface area contributed by atoms with Crippen molar-refractivity contribution in [2.75, 3.05) is 12.0 Å². The number of aryl methyl sites for hydroxylation is 1. The van der Waals surface area contributed by atoms with Gasteiger partial charge in [-0.05, 0) is 72.0 Å². The zero-order valence-corrected chi connectivity index (χ0v) is 21.3. The van der Waals surface area contributed by atoms with Gasteiger partial charge < -0.3 is 14.7 Å². The lowest BCUT2D eigenvalue weighted by Crippen LogP contribution is -2.41. The quantitative estimate of drug-likeness (QED) is 0.393. The molecule has 0 aliphatic carbocycles. The number of rotatable bonds is 7. The van der Waals surface area contributed by atoms with Crippen LogP contribution >= 0.6 is 15.9 Å². The number of nitrogens with zero attached hydrogens (tertiary/aromatic N) is 1. The van der Waals surface area contributed by atoms with E-state index in [0.717, 1.165) is 15.6 Å². The molecule has 0 aromatic heterocycles. The van der Waals surface area contributed by atoms with Crippen molar-refractivity contribution < 1.29 is 19.4 Å². The maximum absolute atomic E-state index is 13.7. The van der Waals surface area contributed by atoms with Crippen molar-refractivity contribution >= 4 is 33.3 Å². The van der Waals surface area contributed by atoms with E-state index >= 15 is 0 Å². The Morgan fingerprint density at radius 1 is 1.09 bits per heavy atom. The van der Waals surface area contributed by atoms with Crippen LogP contribution in [0.3, 0.4) is 0 Å². The van der Waals surface area contributed by atoms with E-state index in [1.807, 2.05) is 19.1 Å². The molecule has 0 saturated carbocycles. The Balaban J connectivity index is 1.70. The fraction of sp³-hybridized carbons (Fsp3) is 0.286. The number of hydrogen-bond donors (Lipinski definition) is 1. The zero-order chi connectivity index (χ0) is 24.6. The average Bonchev–Trinajstić information content (AvgIpc) is 3.01. The zero-order valence-electron chi connectivity index (χ0n) is 19.8. The van der Waals surface area contributed by atoms with E-state index < -0.39 is 11.5 Å². The summed E-state index contributed by atoms with van der Waals surface area (Å²) in [7, 11) is 1.55. The molecule has 1 atom stereocenters. The van der Waals surface area contributed by atoms with Crippen LogP contribution in [0.25, 0.3) is 0 Å². The van der Waals surface area contributed by atoms with Gasteiger partial charge in [-0.2, -0.15) is 0 Å². The number of ketones is 1. The number of carbonyl (C=O) groups excluding carboxylic acids is 2. The molecule has 5 nitrogen and oxygen atoms in total. The smallest absolute Gasteiger partial charge is 0.264 e. The van der Waals surface area contributed by atoms with Crippen molar-refractivity contribution in [3.63, 3.8) is 0 Å². The van der Waals surface area contributed by atoms with E-state index in [0.29, 0.717) is 35.0 Å². The highest BCUT2D eigenvalue weighted by Gasteiger charge is 2.51. The van der Waals surface area contributed by atoms with Crippen molar-refractivity contribution in [3.8, 4) is 5.75 Å². The van der Waals surface area contributed by atoms with E-state index in [9.17, 15) is 14.7 Å². The first-order valence-electron chi connectivity index (χ1n) is 11.2. The number of fused-ring (bicyclic) bond motifs is 1. The molecule has 34 heavy (non-hydrogen) atoms. The predicted molar refractivity (Wildman–Crippen MR) is 136 cm³/mol. The number of ether oxygens (including phenoxy) is 1. The fourth-order valence-corrected chi connectivity index (χ4v) is 4.71. The van der Waals surface area contributed by atoms with Gasteiger partial charge in [0.05, 0.1) is 25.8 Å². The number of anilines is 1. The topological polar surface area (TPSA) is 66.8 Å². The minimum absolute atomic E-state index is 0.315. The molecule has 0 saturated heterocycles. The largest absolute Gasteiger partial charge is 0.497 e. The Hall–Kier alpha value is -2.96. The van der Waals surface area contributed by atoms with E-state index in [4.69, 9.17) is 4.74 Å². The van der Waals surface area contributed by atoms with E-state index in [-0.39, 0.29) is 12.2 Å². The molecule has 4 rings (SSSR count). The number of carbonyl (C=O) groups is 2. The maximum atomic E-state index is 13.7. The fourth-order valence-electron chi connectivity index (χ4n) is 4.35. The normalized spacial score (nSPS) is 17.3.